The predicted molar refractivity (Wildman–Crippen MR) is 41.7 cm³/mol. The fourth-order valence-corrected chi connectivity index (χ4v) is 1.02. The largest absolute Gasteiger partial charge is 1.00 e. The van der Waals surface area contributed by atoms with Gasteiger partial charge in [0, 0.05) is 11.6 Å². The third kappa shape index (κ3) is 1.59. The zero-order valence-corrected chi connectivity index (χ0v) is 6.73. The van der Waals surface area contributed by atoms with Crippen LogP contribution in [0.3, 0.4) is 0 Å². The van der Waals surface area contributed by atoms with Crippen molar-refractivity contribution in [2.45, 2.75) is 0 Å². The maximum atomic E-state index is 4.18. The number of nitrogens with zero attached hydrogens (tertiary/aromatic N) is 1. The molecule has 0 aliphatic heterocycles. The van der Waals surface area contributed by atoms with E-state index >= 15 is 0 Å². The predicted octanol–water partition coefficient (Wildman–Crippen LogP) is 2.23. The third-order valence-corrected chi connectivity index (χ3v) is 1.51. The first-order valence-corrected chi connectivity index (χ1v) is 3.26. The number of para-hydroxylation sites is 1. The van der Waals surface area contributed by atoms with Gasteiger partial charge in [-0.15, -0.1) is 0 Å². The SMILES string of the molecule is [Cu+].c1ccc2ncccc2c1. The fraction of sp³-hybridized carbons (Fsp3) is 0. The van der Waals surface area contributed by atoms with Crippen LogP contribution in [0.4, 0.5) is 0 Å². The molecular weight excluding hydrogens is 186 g/mol. The van der Waals surface area contributed by atoms with Gasteiger partial charge < -0.3 is 0 Å². The van der Waals surface area contributed by atoms with Crippen LogP contribution in [-0.2, 0) is 17.1 Å². The maximum Gasteiger partial charge on any atom is 1.00 e. The summed E-state index contributed by atoms with van der Waals surface area (Å²) in [6.07, 6.45) is 1.81. The molecule has 0 aliphatic carbocycles. The van der Waals surface area contributed by atoms with E-state index < -0.39 is 0 Å². The minimum absolute atomic E-state index is 0. The number of rotatable bonds is 0. The molecule has 2 rings (SSSR count). The van der Waals surface area contributed by atoms with E-state index in [2.05, 4.69) is 17.1 Å². The van der Waals surface area contributed by atoms with Crippen molar-refractivity contribution in [1.82, 2.24) is 4.98 Å². The zero-order chi connectivity index (χ0) is 6.81. The van der Waals surface area contributed by atoms with Gasteiger partial charge in [-0.3, -0.25) is 4.98 Å². The summed E-state index contributed by atoms with van der Waals surface area (Å²) in [6, 6.07) is 12.1. The molecule has 0 amide bonds. The van der Waals surface area contributed by atoms with Gasteiger partial charge in [-0.2, -0.15) is 0 Å². The van der Waals surface area contributed by atoms with Crippen LogP contribution in [0.1, 0.15) is 0 Å². The van der Waals surface area contributed by atoms with E-state index in [1.54, 1.807) is 0 Å². The molecule has 0 bridgehead atoms. The van der Waals surface area contributed by atoms with Crippen molar-refractivity contribution < 1.29 is 17.1 Å². The summed E-state index contributed by atoms with van der Waals surface area (Å²) in [5.41, 5.74) is 1.06. The van der Waals surface area contributed by atoms with Crippen molar-refractivity contribution in [2.24, 2.45) is 0 Å². The molecule has 0 unspecified atom stereocenters. The van der Waals surface area contributed by atoms with E-state index in [0.717, 1.165) is 5.52 Å². The number of benzene rings is 1. The Hall–Kier alpha value is -0.851. The molecule has 1 nitrogen and oxygen atoms in total. The van der Waals surface area contributed by atoms with Crippen molar-refractivity contribution in [3.05, 3.63) is 42.6 Å². The van der Waals surface area contributed by atoms with Gasteiger partial charge in [-0.05, 0) is 12.1 Å². The first kappa shape index (κ1) is 8.25. The summed E-state index contributed by atoms with van der Waals surface area (Å²) >= 11 is 0. The number of fused-ring (bicyclic) bond motifs is 1. The Morgan fingerprint density at radius 3 is 2.45 bits per heavy atom. The molecule has 0 saturated heterocycles. The topological polar surface area (TPSA) is 12.9 Å². The summed E-state index contributed by atoms with van der Waals surface area (Å²) in [4.78, 5) is 4.18. The fourth-order valence-electron chi connectivity index (χ4n) is 1.02. The van der Waals surface area contributed by atoms with E-state index in [0.29, 0.717) is 0 Å². The number of hydrogen-bond acceptors (Lipinski definition) is 1. The minimum atomic E-state index is 0. The Balaban J connectivity index is 0.000000605. The molecule has 2 aromatic rings. The normalized spacial score (nSPS) is 9.09. The van der Waals surface area contributed by atoms with Gasteiger partial charge in [0.2, 0.25) is 0 Å². The van der Waals surface area contributed by atoms with Crippen LogP contribution in [0.15, 0.2) is 42.6 Å². The van der Waals surface area contributed by atoms with Crippen molar-refractivity contribution in [1.29, 1.82) is 0 Å². The summed E-state index contributed by atoms with van der Waals surface area (Å²) in [7, 11) is 0. The monoisotopic (exact) mass is 192 g/mol. The van der Waals surface area contributed by atoms with E-state index in [1.165, 1.54) is 5.39 Å². The van der Waals surface area contributed by atoms with E-state index in [-0.39, 0.29) is 17.1 Å². The first-order chi connectivity index (χ1) is 4.97. The van der Waals surface area contributed by atoms with Crippen molar-refractivity contribution in [2.75, 3.05) is 0 Å². The number of hydrogen-bond donors (Lipinski definition) is 0. The smallest absolute Gasteiger partial charge is 0.256 e. The summed E-state index contributed by atoms with van der Waals surface area (Å²) in [6.45, 7) is 0. The van der Waals surface area contributed by atoms with Gasteiger partial charge in [-0.25, -0.2) is 0 Å². The van der Waals surface area contributed by atoms with Crippen LogP contribution in [0.25, 0.3) is 10.9 Å². The molecule has 11 heavy (non-hydrogen) atoms. The molecule has 0 N–H and O–H groups in total. The van der Waals surface area contributed by atoms with Crippen molar-refractivity contribution in [3.8, 4) is 0 Å². The molecule has 0 spiro atoms. The quantitative estimate of drug-likeness (QED) is 0.584. The van der Waals surface area contributed by atoms with Crippen molar-refractivity contribution >= 4 is 10.9 Å². The van der Waals surface area contributed by atoms with E-state index in [9.17, 15) is 0 Å². The van der Waals surface area contributed by atoms with Crippen LogP contribution >= 0.6 is 0 Å². The first-order valence-electron chi connectivity index (χ1n) is 3.26. The standard InChI is InChI=1S/C9H7N.Cu/c1-2-6-9-8(4-1)5-3-7-10-9;/h1-7H;/q;+1. The molecule has 58 valence electrons. The second kappa shape index (κ2) is 3.51. The summed E-state index contributed by atoms with van der Waals surface area (Å²) < 4.78 is 0. The Kier molecular flexibility index (Phi) is 2.64. The molecule has 1 heterocycles. The van der Waals surface area contributed by atoms with Gasteiger partial charge in [0.1, 0.15) is 0 Å². The zero-order valence-electron chi connectivity index (χ0n) is 5.79. The van der Waals surface area contributed by atoms with Crippen LogP contribution in [0, 0.1) is 0 Å². The molecule has 1 aromatic carbocycles. The van der Waals surface area contributed by atoms with Crippen LogP contribution in [-0.4, -0.2) is 4.98 Å². The third-order valence-electron chi connectivity index (χ3n) is 1.51. The summed E-state index contributed by atoms with van der Waals surface area (Å²) in [5, 5.41) is 1.20. The second-order valence-corrected chi connectivity index (χ2v) is 2.20. The molecule has 0 fully saturated rings. The van der Waals surface area contributed by atoms with Crippen LogP contribution in [0.5, 0.6) is 0 Å². The minimum Gasteiger partial charge on any atom is -0.256 e. The van der Waals surface area contributed by atoms with Gasteiger partial charge >= 0.3 is 17.1 Å². The van der Waals surface area contributed by atoms with Gasteiger partial charge in [0.15, 0.2) is 0 Å². The van der Waals surface area contributed by atoms with Crippen LogP contribution < -0.4 is 0 Å². The number of aromatic nitrogens is 1. The molecule has 2 heteroatoms. The maximum absolute atomic E-state index is 4.18. The Morgan fingerprint density at radius 2 is 1.64 bits per heavy atom. The number of pyridine rings is 1. The Morgan fingerprint density at radius 1 is 0.909 bits per heavy atom. The van der Waals surface area contributed by atoms with Crippen molar-refractivity contribution in [3.63, 3.8) is 0 Å². The molecular formula is C9H7CuN+. The second-order valence-electron chi connectivity index (χ2n) is 2.20. The molecule has 0 saturated carbocycles. The van der Waals surface area contributed by atoms with Gasteiger partial charge in [0.05, 0.1) is 5.52 Å². The molecule has 0 atom stereocenters. The van der Waals surface area contributed by atoms with Gasteiger partial charge in [-0.1, -0.05) is 24.3 Å². The Labute approximate surface area is 75.9 Å². The molecule has 0 radical (unpaired) electrons. The molecule has 1 aromatic heterocycles. The van der Waals surface area contributed by atoms with Gasteiger partial charge in [0.25, 0.3) is 0 Å². The van der Waals surface area contributed by atoms with E-state index in [1.807, 2.05) is 30.5 Å². The average molecular weight is 193 g/mol. The Bertz CT molecular complexity index is 281. The van der Waals surface area contributed by atoms with E-state index in [4.69, 9.17) is 0 Å². The van der Waals surface area contributed by atoms with Crippen LogP contribution in [0.2, 0.25) is 0 Å². The molecule has 0 aliphatic rings. The summed E-state index contributed by atoms with van der Waals surface area (Å²) in [5.74, 6) is 0. The average Bonchev–Trinajstić information content (AvgIpc) is 2.05.